The van der Waals surface area contributed by atoms with Crippen LogP contribution in [-0.4, -0.2) is 66.4 Å². The van der Waals surface area contributed by atoms with E-state index in [-0.39, 0.29) is 70.1 Å². The van der Waals surface area contributed by atoms with Crippen LogP contribution in [0.4, 0.5) is 22.0 Å². The van der Waals surface area contributed by atoms with Crippen molar-refractivity contribution in [1.82, 2.24) is 19.7 Å². The number of amides is 1. The van der Waals surface area contributed by atoms with Gasteiger partial charge < -0.3 is 18.6 Å². The van der Waals surface area contributed by atoms with Crippen LogP contribution in [0.25, 0.3) is 32.6 Å². The van der Waals surface area contributed by atoms with Crippen molar-refractivity contribution in [3.63, 3.8) is 0 Å². The van der Waals surface area contributed by atoms with Crippen molar-refractivity contribution < 1.29 is 48.8 Å². The maximum Gasteiger partial charge on any atom is 0.534 e. The van der Waals surface area contributed by atoms with E-state index >= 15 is 4.39 Å². The van der Waals surface area contributed by atoms with Gasteiger partial charge in [-0.1, -0.05) is 6.58 Å². The van der Waals surface area contributed by atoms with Gasteiger partial charge in [-0.3, -0.25) is 9.48 Å². The molecular formula is C28H25F5N4O6S2. The molecule has 240 valence electrons. The molecule has 45 heavy (non-hydrogen) atoms. The molecule has 1 aromatic carbocycles. The molecule has 4 aromatic rings. The zero-order chi connectivity index (χ0) is 32.8. The number of hydrogen-bond donors (Lipinski definition) is 0. The Morgan fingerprint density at radius 3 is 2.58 bits per heavy atom. The van der Waals surface area contributed by atoms with Crippen molar-refractivity contribution in [1.29, 1.82) is 0 Å². The third-order valence-electron chi connectivity index (χ3n) is 7.10. The van der Waals surface area contributed by atoms with Crippen LogP contribution in [0.2, 0.25) is 0 Å². The summed E-state index contributed by atoms with van der Waals surface area (Å²) in [6.45, 7) is 7.22. The molecule has 2 atom stereocenters. The van der Waals surface area contributed by atoms with Crippen LogP contribution in [0, 0.1) is 11.6 Å². The highest BCUT2D eigenvalue weighted by molar-refractivity contribution is 7.88. The zero-order valence-electron chi connectivity index (χ0n) is 23.9. The lowest BCUT2D eigenvalue weighted by atomic mass is 9.98. The molecule has 10 nitrogen and oxygen atoms in total. The summed E-state index contributed by atoms with van der Waals surface area (Å²) in [6.07, 6.45) is 1.16. The smallest absolute Gasteiger partial charge is 0.490 e. The second-order valence-corrected chi connectivity index (χ2v) is 12.5. The van der Waals surface area contributed by atoms with E-state index in [1.54, 1.807) is 23.4 Å². The molecule has 1 aliphatic rings. The number of pyridine rings is 1. The third-order valence-corrected chi connectivity index (χ3v) is 8.97. The van der Waals surface area contributed by atoms with E-state index in [2.05, 4.69) is 20.8 Å². The normalized spacial score (nSPS) is 16.9. The third kappa shape index (κ3) is 5.86. The van der Waals surface area contributed by atoms with Crippen molar-refractivity contribution in [2.45, 2.75) is 31.4 Å². The molecule has 0 radical (unpaired) electrons. The first kappa shape index (κ1) is 32.3. The summed E-state index contributed by atoms with van der Waals surface area (Å²) in [4.78, 5) is 18.3. The summed E-state index contributed by atoms with van der Waals surface area (Å²) in [5, 5.41) is 5.83. The molecule has 3 aromatic heterocycles. The number of carbonyl (C=O) groups is 1. The molecule has 0 spiro atoms. The number of hydrogen-bond acceptors (Lipinski definition) is 9. The van der Waals surface area contributed by atoms with Crippen LogP contribution in [0.1, 0.15) is 31.6 Å². The monoisotopic (exact) mass is 672 g/mol. The van der Waals surface area contributed by atoms with Gasteiger partial charge >= 0.3 is 15.6 Å². The molecule has 1 amide bonds. The largest absolute Gasteiger partial charge is 0.534 e. The first-order valence-corrected chi connectivity index (χ1v) is 15.5. The predicted molar refractivity (Wildman–Crippen MR) is 154 cm³/mol. The molecule has 0 fully saturated rings. The minimum atomic E-state index is -6.17. The number of thiophene rings is 1. The SMILES string of the molecule is C=CC(=O)N1C[C@H](C)n2nc(-c3nc(OS(=O)(=O)C(F)(F)F)c4ccsc4c3-c3c(F)cc(F)cc3OCCOC)cc2[C@@H]1C. The van der Waals surface area contributed by atoms with E-state index < -0.39 is 39.2 Å². The number of rotatable bonds is 9. The Morgan fingerprint density at radius 1 is 1.18 bits per heavy atom. The number of methoxy groups -OCH3 is 1. The van der Waals surface area contributed by atoms with Crippen molar-refractivity contribution in [3.05, 3.63) is 59.6 Å². The topological polar surface area (TPSA) is 113 Å². The van der Waals surface area contributed by atoms with Crippen molar-refractivity contribution in [3.8, 4) is 34.1 Å². The van der Waals surface area contributed by atoms with Crippen LogP contribution < -0.4 is 8.92 Å². The van der Waals surface area contributed by atoms with E-state index in [0.29, 0.717) is 11.8 Å². The highest BCUT2D eigenvalue weighted by Gasteiger charge is 2.49. The predicted octanol–water partition coefficient (Wildman–Crippen LogP) is 6.01. The lowest BCUT2D eigenvalue weighted by molar-refractivity contribution is -0.129. The fourth-order valence-electron chi connectivity index (χ4n) is 5.04. The second-order valence-electron chi connectivity index (χ2n) is 10.0. The molecular weight excluding hydrogens is 647 g/mol. The summed E-state index contributed by atoms with van der Waals surface area (Å²) in [7, 11) is -4.78. The van der Waals surface area contributed by atoms with Gasteiger partial charge in [0.05, 0.1) is 40.0 Å². The van der Waals surface area contributed by atoms with E-state index in [0.717, 1.165) is 23.5 Å². The van der Waals surface area contributed by atoms with Gasteiger partial charge in [-0.2, -0.15) is 26.7 Å². The van der Waals surface area contributed by atoms with Crippen LogP contribution in [-0.2, 0) is 19.6 Å². The molecule has 0 aliphatic carbocycles. The van der Waals surface area contributed by atoms with Crippen molar-refractivity contribution in [2.75, 3.05) is 26.9 Å². The van der Waals surface area contributed by atoms with E-state index in [9.17, 15) is 30.8 Å². The number of carbonyl (C=O) groups excluding carboxylic acids is 1. The van der Waals surface area contributed by atoms with Gasteiger partial charge in [-0.25, -0.2) is 13.8 Å². The fourth-order valence-corrected chi connectivity index (χ4v) is 6.41. The Hall–Kier alpha value is -4.09. The van der Waals surface area contributed by atoms with Crippen LogP contribution in [0.5, 0.6) is 11.6 Å². The van der Waals surface area contributed by atoms with Gasteiger partial charge in [0.25, 0.3) is 0 Å². The first-order chi connectivity index (χ1) is 21.2. The van der Waals surface area contributed by atoms with Gasteiger partial charge in [0.2, 0.25) is 11.8 Å². The van der Waals surface area contributed by atoms with Crippen LogP contribution in [0.3, 0.4) is 0 Å². The molecule has 0 saturated carbocycles. The number of benzene rings is 1. The number of halogens is 5. The summed E-state index contributed by atoms with van der Waals surface area (Å²) in [5.74, 6) is -3.61. The Morgan fingerprint density at radius 2 is 1.91 bits per heavy atom. The van der Waals surface area contributed by atoms with Gasteiger partial charge in [0.1, 0.15) is 35.4 Å². The molecule has 5 rings (SSSR count). The number of nitrogens with zero attached hydrogens (tertiary/aromatic N) is 4. The van der Waals surface area contributed by atoms with Crippen LogP contribution >= 0.6 is 11.3 Å². The van der Waals surface area contributed by atoms with Gasteiger partial charge in [0, 0.05) is 31.4 Å². The van der Waals surface area contributed by atoms with Gasteiger partial charge in [-0.05, 0) is 37.4 Å². The molecule has 17 heteroatoms. The lowest BCUT2D eigenvalue weighted by Gasteiger charge is -2.36. The average Bonchev–Trinajstić information content (AvgIpc) is 3.63. The quantitative estimate of drug-likeness (QED) is 0.0699. The summed E-state index contributed by atoms with van der Waals surface area (Å²) < 4.78 is 111. The zero-order valence-corrected chi connectivity index (χ0v) is 25.5. The molecule has 0 N–H and O–H groups in total. The second kappa shape index (κ2) is 12.0. The number of fused-ring (bicyclic) bond motifs is 2. The summed E-state index contributed by atoms with van der Waals surface area (Å²) in [5.41, 5.74) is -5.93. The molecule has 4 heterocycles. The standard InChI is InChI=1S/C28H25F5N4O6S2/c1-5-22(38)36-13-14(2)37-20(15(36)3)12-19(35-37)25-24(23-18(30)10-16(29)11-21(23)42-8-7-41-4)26-17(6-9-44-26)27(34-25)43-45(39,40)28(31,32)33/h5-6,9-12,14-15H,1,7-8,13H2,2-4H3/t14-,15-/m0/s1. The Bertz CT molecular complexity index is 1910. The summed E-state index contributed by atoms with van der Waals surface area (Å²) >= 11 is 0.923. The van der Waals surface area contributed by atoms with Gasteiger partial charge in [0.15, 0.2) is 0 Å². The Kier molecular flexibility index (Phi) is 8.63. The highest BCUT2D eigenvalue weighted by atomic mass is 32.2. The molecule has 0 bridgehead atoms. The lowest BCUT2D eigenvalue weighted by Crippen LogP contribution is -2.42. The number of aromatic nitrogens is 3. The molecule has 0 saturated heterocycles. The molecule has 1 aliphatic heterocycles. The van der Waals surface area contributed by atoms with E-state index in [1.807, 2.05) is 0 Å². The summed E-state index contributed by atoms with van der Waals surface area (Å²) in [6, 6.07) is 3.36. The fraction of sp³-hybridized carbons (Fsp3) is 0.321. The minimum Gasteiger partial charge on any atom is -0.490 e. The maximum atomic E-state index is 15.8. The first-order valence-electron chi connectivity index (χ1n) is 13.2. The Labute approximate surface area is 257 Å². The number of alkyl halides is 3. The van der Waals surface area contributed by atoms with E-state index in [4.69, 9.17) is 9.47 Å². The van der Waals surface area contributed by atoms with E-state index in [1.165, 1.54) is 24.6 Å². The minimum absolute atomic E-state index is 0.0114. The van der Waals surface area contributed by atoms with Gasteiger partial charge in [-0.15, -0.1) is 11.3 Å². The number of ether oxygens (including phenoxy) is 2. The average molecular weight is 673 g/mol. The van der Waals surface area contributed by atoms with Crippen LogP contribution in [0.15, 0.2) is 42.3 Å². The Balaban J connectivity index is 1.82. The maximum absolute atomic E-state index is 15.8. The van der Waals surface area contributed by atoms with Crippen molar-refractivity contribution in [2.24, 2.45) is 0 Å². The highest BCUT2D eigenvalue weighted by Crippen LogP contribution is 2.48. The van der Waals surface area contributed by atoms with Crippen molar-refractivity contribution >= 4 is 37.4 Å². The molecule has 0 unspecified atom stereocenters.